The van der Waals surface area contributed by atoms with Gasteiger partial charge >= 0.3 is 0 Å². The standard InChI is InChI=1S/C10H14BrNO/c1-10(2,3)8-5-7(13-4)6-12-9(8)11/h5-6H,1-4H3. The van der Waals surface area contributed by atoms with E-state index < -0.39 is 0 Å². The van der Waals surface area contributed by atoms with Gasteiger partial charge in [-0.3, -0.25) is 0 Å². The number of methoxy groups -OCH3 is 1. The van der Waals surface area contributed by atoms with E-state index in [4.69, 9.17) is 4.74 Å². The fourth-order valence-corrected chi connectivity index (χ4v) is 1.88. The Morgan fingerprint density at radius 2 is 2.00 bits per heavy atom. The van der Waals surface area contributed by atoms with Gasteiger partial charge in [0, 0.05) is 0 Å². The topological polar surface area (TPSA) is 22.1 Å². The molecule has 1 heterocycles. The predicted octanol–water partition coefficient (Wildman–Crippen LogP) is 3.15. The van der Waals surface area contributed by atoms with Crippen LogP contribution in [0.15, 0.2) is 16.9 Å². The van der Waals surface area contributed by atoms with Gasteiger partial charge in [-0.1, -0.05) is 20.8 Å². The fraction of sp³-hybridized carbons (Fsp3) is 0.500. The quantitative estimate of drug-likeness (QED) is 0.708. The molecule has 0 saturated carbocycles. The van der Waals surface area contributed by atoms with E-state index in [1.807, 2.05) is 6.07 Å². The maximum Gasteiger partial charge on any atom is 0.137 e. The van der Waals surface area contributed by atoms with Crippen molar-refractivity contribution in [3.8, 4) is 5.75 Å². The molecule has 0 spiro atoms. The molecule has 0 unspecified atom stereocenters. The van der Waals surface area contributed by atoms with Crippen LogP contribution in [0.5, 0.6) is 5.75 Å². The van der Waals surface area contributed by atoms with Crippen LogP contribution < -0.4 is 4.74 Å². The molecule has 72 valence electrons. The monoisotopic (exact) mass is 243 g/mol. The number of halogens is 1. The van der Waals surface area contributed by atoms with E-state index in [9.17, 15) is 0 Å². The van der Waals surface area contributed by atoms with Crippen LogP contribution in [-0.2, 0) is 5.41 Å². The highest BCUT2D eigenvalue weighted by molar-refractivity contribution is 9.10. The molecule has 0 amide bonds. The molecule has 3 heteroatoms. The van der Waals surface area contributed by atoms with Gasteiger partial charge in [0.25, 0.3) is 0 Å². The van der Waals surface area contributed by atoms with Crippen molar-refractivity contribution in [1.29, 1.82) is 0 Å². The third kappa shape index (κ3) is 2.44. The van der Waals surface area contributed by atoms with Crippen LogP contribution in [-0.4, -0.2) is 12.1 Å². The molecular weight excluding hydrogens is 230 g/mol. The van der Waals surface area contributed by atoms with E-state index in [-0.39, 0.29) is 5.41 Å². The van der Waals surface area contributed by atoms with Crippen LogP contribution >= 0.6 is 15.9 Å². The fourth-order valence-electron chi connectivity index (χ4n) is 1.07. The van der Waals surface area contributed by atoms with Crippen molar-refractivity contribution in [3.05, 3.63) is 22.4 Å². The Bertz CT molecular complexity index is 304. The number of hydrogen-bond donors (Lipinski definition) is 0. The van der Waals surface area contributed by atoms with Crippen molar-refractivity contribution in [1.82, 2.24) is 4.98 Å². The van der Waals surface area contributed by atoms with Crippen molar-refractivity contribution in [3.63, 3.8) is 0 Å². The van der Waals surface area contributed by atoms with Gasteiger partial charge in [-0.05, 0) is 33.0 Å². The van der Waals surface area contributed by atoms with Gasteiger partial charge in [0.2, 0.25) is 0 Å². The summed E-state index contributed by atoms with van der Waals surface area (Å²) in [5.74, 6) is 0.799. The lowest BCUT2D eigenvalue weighted by molar-refractivity contribution is 0.410. The maximum absolute atomic E-state index is 5.12. The van der Waals surface area contributed by atoms with Crippen LogP contribution in [0.4, 0.5) is 0 Å². The second-order valence-electron chi connectivity index (χ2n) is 3.96. The first-order valence-electron chi connectivity index (χ1n) is 4.15. The van der Waals surface area contributed by atoms with E-state index in [1.165, 1.54) is 0 Å². The first kappa shape index (κ1) is 10.5. The molecule has 0 fully saturated rings. The molecule has 1 aromatic heterocycles. The van der Waals surface area contributed by atoms with Gasteiger partial charge in [0.15, 0.2) is 0 Å². The lowest BCUT2D eigenvalue weighted by atomic mass is 9.88. The Labute approximate surface area is 87.5 Å². The average molecular weight is 244 g/mol. The SMILES string of the molecule is COc1cnc(Br)c(C(C)(C)C)c1. The highest BCUT2D eigenvalue weighted by atomic mass is 79.9. The highest BCUT2D eigenvalue weighted by Crippen LogP contribution is 2.30. The Kier molecular flexibility index (Phi) is 2.96. The molecule has 13 heavy (non-hydrogen) atoms. The zero-order valence-corrected chi connectivity index (χ0v) is 9.97. The molecule has 0 aliphatic heterocycles. The maximum atomic E-state index is 5.12. The minimum atomic E-state index is 0.0837. The third-order valence-corrected chi connectivity index (χ3v) is 2.49. The summed E-state index contributed by atoms with van der Waals surface area (Å²) in [7, 11) is 1.65. The summed E-state index contributed by atoms with van der Waals surface area (Å²) >= 11 is 3.43. The number of hydrogen-bond acceptors (Lipinski definition) is 2. The largest absolute Gasteiger partial charge is 0.495 e. The smallest absolute Gasteiger partial charge is 0.137 e. The van der Waals surface area contributed by atoms with Gasteiger partial charge < -0.3 is 4.74 Å². The molecular formula is C10H14BrNO. The Hall–Kier alpha value is -0.570. The first-order valence-corrected chi connectivity index (χ1v) is 4.94. The van der Waals surface area contributed by atoms with E-state index in [0.29, 0.717) is 0 Å². The summed E-state index contributed by atoms with van der Waals surface area (Å²) in [6.07, 6.45) is 1.71. The number of aromatic nitrogens is 1. The minimum absolute atomic E-state index is 0.0837. The predicted molar refractivity (Wildman–Crippen MR) is 57.2 cm³/mol. The molecule has 0 aliphatic carbocycles. The van der Waals surface area contributed by atoms with E-state index in [0.717, 1.165) is 15.9 Å². The van der Waals surface area contributed by atoms with Crippen molar-refractivity contribution < 1.29 is 4.74 Å². The van der Waals surface area contributed by atoms with Crippen molar-refractivity contribution in [2.75, 3.05) is 7.11 Å². The molecule has 0 N–H and O–H groups in total. The zero-order chi connectivity index (χ0) is 10.1. The molecule has 2 nitrogen and oxygen atoms in total. The van der Waals surface area contributed by atoms with E-state index in [1.54, 1.807) is 13.3 Å². The minimum Gasteiger partial charge on any atom is -0.495 e. The second-order valence-corrected chi connectivity index (χ2v) is 4.71. The molecule has 0 atom stereocenters. The summed E-state index contributed by atoms with van der Waals surface area (Å²) in [5, 5.41) is 0. The lowest BCUT2D eigenvalue weighted by Gasteiger charge is -2.20. The normalized spacial score (nSPS) is 11.5. The van der Waals surface area contributed by atoms with Gasteiger partial charge in [-0.15, -0.1) is 0 Å². The molecule has 0 radical (unpaired) electrons. The first-order chi connectivity index (χ1) is 5.95. The van der Waals surface area contributed by atoms with Gasteiger partial charge in [0.1, 0.15) is 10.4 Å². The van der Waals surface area contributed by atoms with Gasteiger partial charge in [0.05, 0.1) is 13.3 Å². The molecule has 0 saturated heterocycles. The summed E-state index contributed by atoms with van der Waals surface area (Å²) in [5.41, 5.74) is 1.24. The van der Waals surface area contributed by atoms with Gasteiger partial charge in [-0.2, -0.15) is 0 Å². The highest BCUT2D eigenvalue weighted by Gasteiger charge is 2.18. The van der Waals surface area contributed by atoms with E-state index in [2.05, 4.69) is 41.7 Å². The van der Waals surface area contributed by atoms with E-state index >= 15 is 0 Å². The molecule has 0 bridgehead atoms. The second kappa shape index (κ2) is 3.66. The molecule has 0 aliphatic rings. The summed E-state index contributed by atoms with van der Waals surface area (Å²) in [4.78, 5) is 4.21. The van der Waals surface area contributed by atoms with Crippen LogP contribution in [0.25, 0.3) is 0 Å². The van der Waals surface area contributed by atoms with Crippen molar-refractivity contribution in [2.45, 2.75) is 26.2 Å². The number of rotatable bonds is 1. The summed E-state index contributed by atoms with van der Waals surface area (Å²) in [6, 6.07) is 2.01. The Morgan fingerprint density at radius 3 is 2.46 bits per heavy atom. The van der Waals surface area contributed by atoms with Crippen LogP contribution in [0.3, 0.4) is 0 Å². The zero-order valence-electron chi connectivity index (χ0n) is 8.39. The third-order valence-electron chi connectivity index (χ3n) is 1.86. The van der Waals surface area contributed by atoms with Crippen LogP contribution in [0.2, 0.25) is 0 Å². The van der Waals surface area contributed by atoms with Crippen LogP contribution in [0.1, 0.15) is 26.3 Å². The number of pyridine rings is 1. The average Bonchev–Trinajstić information content (AvgIpc) is 2.03. The van der Waals surface area contributed by atoms with Gasteiger partial charge in [-0.25, -0.2) is 4.98 Å². The number of nitrogens with zero attached hydrogens (tertiary/aromatic N) is 1. The lowest BCUT2D eigenvalue weighted by Crippen LogP contribution is -2.12. The van der Waals surface area contributed by atoms with Crippen molar-refractivity contribution in [2.24, 2.45) is 0 Å². The Balaban J connectivity index is 3.19. The van der Waals surface area contributed by atoms with Crippen molar-refractivity contribution >= 4 is 15.9 Å². The number of ether oxygens (including phenoxy) is 1. The van der Waals surface area contributed by atoms with Crippen LogP contribution in [0, 0.1) is 0 Å². The summed E-state index contributed by atoms with van der Waals surface area (Å²) < 4.78 is 6.01. The summed E-state index contributed by atoms with van der Waals surface area (Å²) in [6.45, 7) is 6.44. The Morgan fingerprint density at radius 1 is 1.38 bits per heavy atom. The molecule has 1 aromatic rings. The molecule has 0 aromatic carbocycles. The molecule has 1 rings (SSSR count).